The molecule has 0 atom stereocenters. The Labute approximate surface area is 134 Å². The van der Waals surface area contributed by atoms with Crippen molar-refractivity contribution in [2.75, 3.05) is 0 Å². The lowest BCUT2D eigenvalue weighted by Crippen LogP contribution is -2.40. The molecule has 0 saturated carbocycles. The number of aromatic nitrogens is 2. The summed E-state index contributed by atoms with van der Waals surface area (Å²) in [5, 5.41) is 3.07. The molecule has 136 valence electrons. The van der Waals surface area contributed by atoms with Gasteiger partial charge in [-0.05, 0) is 12.1 Å². The molecule has 0 spiro atoms. The van der Waals surface area contributed by atoms with Crippen molar-refractivity contribution < 1.29 is 44.1 Å². The number of amides is 1. The van der Waals surface area contributed by atoms with Gasteiger partial charge in [0.25, 0.3) is 5.91 Å². The van der Waals surface area contributed by atoms with E-state index < -0.39 is 44.9 Å². The van der Waals surface area contributed by atoms with Crippen LogP contribution in [0.15, 0.2) is 28.8 Å². The molecule has 0 aliphatic carbocycles. The van der Waals surface area contributed by atoms with Gasteiger partial charge in [-0.3, -0.25) is 4.79 Å². The van der Waals surface area contributed by atoms with Gasteiger partial charge < -0.3 is 4.52 Å². The summed E-state index contributed by atoms with van der Waals surface area (Å²) in [5.74, 6) is -3.67. The van der Waals surface area contributed by atoms with E-state index in [-0.39, 0.29) is 5.56 Å². The summed E-state index contributed by atoms with van der Waals surface area (Å²) < 4.78 is 100.0. The van der Waals surface area contributed by atoms with Gasteiger partial charge in [-0.2, -0.15) is 39.7 Å². The van der Waals surface area contributed by atoms with E-state index in [2.05, 4.69) is 14.7 Å². The molecule has 0 radical (unpaired) electrons. The molecule has 0 fully saturated rings. The number of benzene rings is 1. The maximum absolute atomic E-state index is 12.3. The summed E-state index contributed by atoms with van der Waals surface area (Å²) in [4.78, 5) is 14.6. The van der Waals surface area contributed by atoms with Crippen LogP contribution in [0.4, 0.5) is 26.3 Å². The molecule has 2 rings (SSSR count). The van der Waals surface area contributed by atoms with Crippen LogP contribution >= 0.6 is 0 Å². The highest BCUT2D eigenvalue weighted by Crippen LogP contribution is 2.29. The first-order valence-electron chi connectivity index (χ1n) is 5.96. The highest BCUT2D eigenvalue weighted by atomic mass is 32.2. The van der Waals surface area contributed by atoms with Crippen LogP contribution < -0.4 is 4.72 Å². The van der Waals surface area contributed by atoms with Crippen LogP contribution in [0.25, 0.3) is 11.4 Å². The van der Waals surface area contributed by atoms with Gasteiger partial charge in [0, 0.05) is 11.1 Å². The number of nitrogens with zero attached hydrogens (tertiary/aromatic N) is 2. The van der Waals surface area contributed by atoms with Crippen molar-refractivity contribution in [2.24, 2.45) is 0 Å². The Morgan fingerprint density at radius 1 is 1.04 bits per heavy atom. The van der Waals surface area contributed by atoms with Crippen molar-refractivity contribution in [3.05, 3.63) is 35.7 Å². The van der Waals surface area contributed by atoms with E-state index >= 15 is 0 Å². The summed E-state index contributed by atoms with van der Waals surface area (Å²) in [6.07, 6.45) is -4.86. The van der Waals surface area contributed by atoms with Crippen molar-refractivity contribution >= 4 is 15.9 Å². The monoisotopic (exact) mass is 389 g/mol. The first-order valence-corrected chi connectivity index (χ1v) is 7.44. The maximum Gasteiger partial charge on any atom is 0.516 e. The quantitative estimate of drug-likeness (QED) is 0.809. The highest BCUT2D eigenvalue weighted by molar-refractivity contribution is 7.90. The van der Waals surface area contributed by atoms with Crippen LogP contribution in [0.1, 0.15) is 16.2 Å². The van der Waals surface area contributed by atoms with E-state index in [0.717, 1.165) is 29.0 Å². The van der Waals surface area contributed by atoms with Gasteiger partial charge in [-0.15, -0.1) is 0 Å². The number of rotatable bonds is 3. The van der Waals surface area contributed by atoms with Crippen LogP contribution in [0, 0.1) is 0 Å². The van der Waals surface area contributed by atoms with Crippen LogP contribution in [0.3, 0.4) is 0 Å². The molecule has 7 nitrogen and oxygen atoms in total. The number of carbonyl (C=O) groups is 1. The average Bonchev–Trinajstić information content (AvgIpc) is 2.95. The highest BCUT2D eigenvalue weighted by Gasteiger charge is 2.47. The van der Waals surface area contributed by atoms with Crippen LogP contribution in [0.2, 0.25) is 0 Å². The van der Waals surface area contributed by atoms with Crippen molar-refractivity contribution in [1.29, 1.82) is 0 Å². The largest absolute Gasteiger partial charge is 0.516 e. The smallest absolute Gasteiger partial charge is 0.329 e. The maximum atomic E-state index is 12.3. The van der Waals surface area contributed by atoms with E-state index in [1.54, 1.807) is 0 Å². The number of alkyl halides is 6. The van der Waals surface area contributed by atoms with E-state index in [0.29, 0.717) is 0 Å². The number of hydrogen-bond acceptors (Lipinski definition) is 6. The summed E-state index contributed by atoms with van der Waals surface area (Å²) in [6, 6.07) is 3.75. The van der Waals surface area contributed by atoms with Crippen LogP contribution in [0.5, 0.6) is 0 Å². The fourth-order valence-electron chi connectivity index (χ4n) is 1.47. The first kappa shape index (κ1) is 18.7. The van der Waals surface area contributed by atoms with Crippen LogP contribution in [-0.4, -0.2) is 30.0 Å². The van der Waals surface area contributed by atoms with Crippen molar-refractivity contribution in [2.45, 2.75) is 11.7 Å². The first-order chi connectivity index (χ1) is 11.3. The Hall–Kier alpha value is -2.64. The van der Waals surface area contributed by atoms with Gasteiger partial charge in [0.05, 0.1) is 0 Å². The minimum atomic E-state index is -5.88. The van der Waals surface area contributed by atoms with E-state index in [9.17, 15) is 39.6 Å². The molecule has 0 saturated heterocycles. The number of hydrogen-bond donors (Lipinski definition) is 1. The van der Waals surface area contributed by atoms with Gasteiger partial charge in [0.15, 0.2) is 0 Å². The molecule has 1 heterocycles. The predicted molar refractivity (Wildman–Crippen MR) is 67.2 cm³/mol. The molecule has 1 aromatic carbocycles. The molecule has 0 bridgehead atoms. The normalized spacial score (nSPS) is 12.9. The minimum absolute atomic E-state index is 0.0468. The fraction of sp³-hybridized carbons (Fsp3) is 0.182. The molecule has 0 aliphatic heterocycles. The standard InChI is InChI=1S/C11H5F6N3O4S/c12-10(13,14)9-18-7(19-24-9)5-1-3-6(4-2-5)8(21)20-25(22,23)11(15,16)17/h1-4H,(H,20,21). The number of halogens is 6. The zero-order valence-corrected chi connectivity index (χ0v) is 12.3. The van der Waals surface area contributed by atoms with E-state index in [1.807, 2.05) is 0 Å². The predicted octanol–water partition coefficient (Wildman–Crippen LogP) is 2.33. The number of nitrogens with one attached hydrogen (secondary N) is 1. The molecule has 0 aliphatic rings. The topological polar surface area (TPSA) is 102 Å². The molecule has 0 unspecified atom stereocenters. The third-order valence-corrected chi connectivity index (χ3v) is 3.67. The molecular weight excluding hydrogens is 384 g/mol. The summed E-state index contributed by atoms with van der Waals surface area (Å²) >= 11 is 0. The summed E-state index contributed by atoms with van der Waals surface area (Å²) in [6.45, 7) is 0. The SMILES string of the molecule is O=C(NS(=O)(=O)C(F)(F)F)c1ccc(-c2noc(C(F)(F)F)n2)cc1. The lowest BCUT2D eigenvalue weighted by molar-refractivity contribution is -0.159. The second-order valence-corrected chi connectivity index (χ2v) is 6.05. The number of carbonyl (C=O) groups excluding carboxylic acids is 1. The zero-order valence-electron chi connectivity index (χ0n) is 11.5. The molecule has 1 amide bonds. The molecule has 25 heavy (non-hydrogen) atoms. The Morgan fingerprint density at radius 3 is 2.04 bits per heavy atom. The molecule has 2 aromatic rings. The second-order valence-electron chi connectivity index (χ2n) is 4.38. The molecule has 1 N–H and O–H groups in total. The lowest BCUT2D eigenvalue weighted by Gasteiger charge is -2.09. The molecule has 14 heteroatoms. The fourth-order valence-corrected chi connectivity index (χ4v) is 1.94. The van der Waals surface area contributed by atoms with Gasteiger partial charge >= 0.3 is 27.6 Å². The van der Waals surface area contributed by atoms with Gasteiger partial charge in [-0.1, -0.05) is 17.3 Å². The van der Waals surface area contributed by atoms with Crippen molar-refractivity contribution in [3.8, 4) is 11.4 Å². The molecule has 1 aromatic heterocycles. The third-order valence-electron chi connectivity index (χ3n) is 2.61. The number of sulfonamides is 1. The van der Waals surface area contributed by atoms with Gasteiger partial charge in [0.2, 0.25) is 5.82 Å². The Kier molecular flexibility index (Phi) is 4.50. The van der Waals surface area contributed by atoms with Gasteiger partial charge in [0.1, 0.15) is 0 Å². The third kappa shape index (κ3) is 4.07. The average molecular weight is 389 g/mol. The Morgan fingerprint density at radius 2 is 1.60 bits per heavy atom. The van der Waals surface area contributed by atoms with E-state index in [4.69, 9.17) is 0 Å². The van der Waals surface area contributed by atoms with Crippen molar-refractivity contribution in [1.82, 2.24) is 14.9 Å². The van der Waals surface area contributed by atoms with Crippen molar-refractivity contribution in [3.63, 3.8) is 0 Å². The summed E-state index contributed by atoms with van der Waals surface area (Å²) in [7, 11) is -5.88. The Bertz CT molecular complexity index is 886. The van der Waals surface area contributed by atoms with Gasteiger partial charge in [-0.25, -0.2) is 4.72 Å². The Balaban J connectivity index is 2.20. The summed E-state index contributed by atoms with van der Waals surface area (Å²) in [5.41, 5.74) is -6.22. The lowest BCUT2D eigenvalue weighted by atomic mass is 10.1. The second kappa shape index (κ2) is 6.02. The zero-order chi connectivity index (χ0) is 19.0. The van der Waals surface area contributed by atoms with E-state index in [1.165, 1.54) is 0 Å². The molecular formula is C11H5F6N3O4S. The van der Waals surface area contributed by atoms with Crippen LogP contribution in [-0.2, 0) is 16.2 Å². The minimum Gasteiger partial charge on any atom is -0.329 e.